The first-order chi connectivity index (χ1) is 18.1. The van der Waals surface area contributed by atoms with Crippen LogP contribution in [0.2, 0.25) is 0 Å². The second-order valence-corrected chi connectivity index (χ2v) is 7.81. The van der Waals surface area contributed by atoms with E-state index in [1.165, 1.54) is 7.11 Å². The van der Waals surface area contributed by atoms with E-state index in [1.54, 1.807) is 79.1 Å². The summed E-state index contributed by atoms with van der Waals surface area (Å²) in [6.45, 7) is 2.60. The van der Waals surface area contributed by atoms with E-state index in [2.05, 4.69) is 10.3 Å². The lowest BCUT2D eigenvalue weighted by Gasteiger charge is -2.13. The van der Waals surface area contributed by atoms with Crippen LogP contribution in [-0.4, -0.2) is 30.6 Å². The quantitative estimate of drug-likeness (QED) is 0.227. The molecule has 0 bridgehead atoms. The van der Waals surface area contributed by atoms with E-state index in [9.17, 15) is 9.59 Å². The Morgan fingerprint density at radius 2 is 1.59 bits per heavy atom. The fourth-order valence-corrected chi connectivity index (χ4v) is 3.47. The van der Waals surface area contributed by atoms with Gasteiger partial charge in [0.25, 0.3) is 5.91 Å². The van der Waals surface area contributed by atoms with Gasteiger partial charge >= 0.3 is 5.97 Å². The monoisotopic (exact) mass is 498 g/mol. The topological polar surface area (TPSA) is 96.0 Å². The minimum atomic E-state index is -0.549. The number of anilines is 1. The highest BCUT2D eigenvalue weighted by atomic mass is 16.5. The van der Waals surface area contributed by atoms with Crippen LogP contribution in [0.25, 0.3) is 0 Å². The van der Waals surface area contributed by atoms with E-state index in [1.807, 2.05) is 19.1 Å². The molecule has 8 heteroatoms. The van der Waals surface area contributed by atoms with E-state index < -0.39 is 5.97 Å². The van der Waals surface area contributed by atoms with Gasteiger partial charge in [-0.3, -0.25) is 9.78 Å². The average Bonchev–Trinajstić information content (AvgIpc) is 2.94. The molecule has 0 saturated heterocycles. The number of pyridine rings is 1. The molecule has 4 aromatic rings. The molecule has 4 rings (SSSR count). The van der Waals surface area contributed by atoms with Crippen LogP contribution in [0.5, 0.6) is 23.0 Å². The van der Waals surface area contributed by atoms with Crippen LogP contribution >= 0.6 is 0 Å². The Hall–Kier alpha value is -4.85. The lowest BCUT2D eigenvalue weighted by molar-refractivity contribution is 0.0733. The van der Waals surface area contributed by atoms with Gasteiger partial charge in [0.2, 0.25) is 0 Å². The number of amides is 1. The molecule has 3 aromatic carbocycles. The predicted molar refractivity (Wildman–Crippen MR) is 139 cm³/mol. The molecule has 0 aliphatic rings. The molecule has 1 aromatic heterocycles. The number of para-hydroxylation sites is 1. The molecule has 188 valence electrons. The van der Waals surface area contributed by atoms with E-state index >= 15 is 0 Å². The Bertz CT molecular complexity index is 1360. The summed E-state index contributed by atoms with van der Waals surface area (Å²) in [6.07, 6.45) is 3.39. The summed E-state index contributed by atoms with van der Waals surface area (Å²) in [5, 5.41) is 2.80. The number of rotatable bonds is 10. The number of hydrogen-bond acceptors (Lipinski definition) is 7. The maximum atomic E-state index is 12.8. The number of esters is 1. The molecule has 0 radical (unpaired) electrons. The van der Waals surface area contributed by atoms with E-state index in [0.717, 1.165) is 5.56 Å². The number of methoxy groups -OCH3 is 1. The summed E-state index contributed by atoms with van der Waals surface area (Å²) in [5.74, 6) is 0.914. The van der Waals surface area contributed by atoms with Crippen molar-refractivity contribution in [2.45, 2.75) is 13.5 Å². The number of hydrogen-bond donors (Lipinski definition) is 1. The summed E-state index contributed by atoms with van der Waals surface area (Å²) < 4.78 is 22.3. The first-order valence-electron chi connectivity index (χ1n) is 11.6. The third-order valence-corrected chi connectivity index (χ3v) is 5.30. The third-order valence-electron chi connectivity index (χ3n) is 5.30. The van der Waals surface area contributed by atoms with Crippen molar-refractivity contribution in [1.82, 2.24) is 4.98 Å². The van der Waals surface area contributed by atoms with Crippen molar-refractivity contribution in [3.63, 3.8) is 0 Å². The van der Waals surface area contributed by atoms with Crippen molar-refractivity contribution in [1.29, 1.82) is 0 Å². The van der Waals surface area contributed by atoms with Crippen molar-refractivity contribution in [3.05, 3.63) is 108 Å². The van der Waals surface area contributed by atoms with Gasteiger partial charge in [-0.2, -0.15) is 0 Å². The largest absolute Gasteiger partial charge is 0.496 e. The smallest absolute Gasteiger partial charge is 0.343 e. The van der Waals surface area contributed by atoms with Crippen LogP contribution in [0.1, 0.15) is 33.2 Å². The highest BCUT2D eigenvalue weighted by Gasteiger charge is 2.15. The highest BCUT2D eigenvalue weighted by molar-refractivity contribution is 6.06. The number of aromatic nitrogens is 1. The number of nitrogens with one attached hydrogen (secondary N) is 1. The van der Waals surface area contributed by atoms with Crippen molar-refractivity contribution in [2.24, 2.45) is 0 Å². The molecule has 1 N–H and O–H groups in total. The molecule has 0 aliphatic heterocycles. The third kappa shape index (κ3) is 6.64. The first-order valence-corrected chi connectivity index (χ1v) is 11.6. The first kappa shape index (κ1) is 25.2. The van der Waals surface area contributed by atoms with Gasteiger partial charge in [-0.15, -0.1) is 0 Å². The van der Waals surface area contributed by atoms with E-state index in [0.29, 0.717) is 53.0 Å². The molecule has 0 unspecified atom stereocenters. The molecular weight excluding hydrogens is 472 g/mol. The minimum absolute atomic E-state index is 0.308. The second-order valence-electron chi connectivity index (χ2n) is 7.81. The van der Waals surface area contributed by atoms with Crippen LogP contribution in [0.15, 0.2) is 91.3 Å². The van der Waals surface area contributed by atoms with Crippen LogP contribution in [0.3, 0.4) is 0 Å². The zero-order valence-electron chi connectivity index (χ0n) is 20.5. The number of benzene rings is 3. The van der Waals surface area contributed by atoms with Gasteiger partial charge in [0.1, 0.15) is 18.1 Å². The number of ether oxygens (including phenoxy) is 4. The molecule has 0 aliphatic carbocycles. The van der Waals surface area contributed by atoms with Crippen molar-refractivity contribution in [2.75, 3.05) is 19.0 Å². The minimum Gasteiger partial charge on any atom is -0.496 e. The van der Waals surface area contributed by atoms with Gasteiger partial charge in [-0.25, -0.2) is 4.79 Å². The van der Waals surface area contributed by atoms with Crippen LogP contribution < -0.4 is 24.3 Å². The molecule has 1 amide bonds. The number of carbonyl (C=O) groups excluding carboxylic acids is 2. The Kier molecular flexibility index (Phi) is 8.33. The zero-order valence-corrected chi connectivity index (χ0v) is 20.5. The lowest BCUT2D eigenvalue weighted by atomic mass is 10.2. The molecular formula is C29H26N2O6. The van der Waals surface area contributed by atoms with Crippen LogP contribution in [-0.2, 0) is 6.61 Å². The average molecular weight is 499 g/mol. The van der Waals surface area contributed by atoms with Crippen molar-refractivity contribution < 1.29 is 28.5 Å². The predicted octanol–water partition coefficient (Wildman–Crippen LogP) is 5.54. The van der Waals surface area contributed by atoms with Crippen molar-refractivity contribution >= 4 is 17.6 Å². The molecule has 0 saturated carbocycles. The molecule has 0 spiro atoms. The summed E-state index contributed by atoms with van der Waals surface area (Å²) in [4.78, 5) is 29.3. The number of nitrogens with zero attached hydrogens (tertiary/aromatic N) is 1. The Morgan fingerprint density at radius 1 is 0.838 bits per heavy atom. The fraction of sp³-hybridized carbons (Fsp3) is 0.138. The van der Waals surface area contributed by atoms with Crippen molar-refractivity contribution in [3.8, 4) is 23.0 Å². The summed E-state index contributed by atoms with van der Waals surface area (Å²) >= 11 is 0. The Labute approximate surface area is 214 Å². The summed E-state index contributed by atoms with van der Waals surface area (Å²) in [6, 6.07) is 22.1. The lowest BCUT2D eigenvalue weighted by Crippen LogP contribution is -2.13. The van der Waals surface area contributed by atoms with E-state index in [-0.39, 0.29) is 5.91 Å². The van der Waals surface area contributed by atoms with Gasteiger partial charge in [0, 0.05) is 18.1 Å². The van der Waals surface area contributed by atoms with Gasteiger partial charge in [0.15, 0.2) is 11.5 Å². The standard InChI is InChI=1S/C29H26N2O6/c1-3-35-27-18-21(8-13-26(27)36-19-20-14-16-30-17-15-20)29(33)37-23-11-9-22(10-12-23)31-28(32)24-6-4-5-7-25(24)34-2/h4-18H,3,19H2,1-2H3,(H,31,32). The molecule has 1 heterocycles. The molecule has 0 fully saturated rings. The van der Waals surface area contributed by atoms with Gasteiger partial charge in [-0.05, 0) is 79.2 Å². The van der Waals surface area contributed by atoms with E-state index in [4.69, 9.17) is 18.9 Å². The number of carbonyl (C=O) groups is 2. The summed E-state index contributed by atoms with van der Waals surface area (Å²) in [5.41, 5.74) is 2.24. The highest BCUT2D eigenvalue weighted by Crippen LogP contribution is 2.30. The van der Waals surface area contributed by atoms with Crippen LogP contribution in [0, 0.1) is 0 Å². The van der Waals surface area contributed by atoms with Gasteiger partial charge in [-0.1, -0.05) is 12.1 Å². The zero-order chi connectivity index (χ0) is 26.0. The molecule has 0 atom stereocenters. The van der Waals surface area contributed by atoms with Gasteiger partial charge < -0.3 is 24.3 Å². The molecule has 37 heavy (non-hydrogen) atoms. The Balaban J connectivity index is 1.40. The van der Waals surface area contributed by atoms with Crippen LogP contribution in [0.4, 0.5) is 5.69 Å². The maximum absolute atomic E-state index is 12.8. The Morgan fingerprint density at radius 3 is 2.32 bits per heavy atom. The summed E-state index contributed by atoms with van der Waals surface area (Å²) in [7, 11) is 1.51. The maximum Gasteiger partial charge on any atom is 0.343 e. The SMILES string of the molecule is CCOc1cc(C(=O)Oc2ccc(NC(=O)c3ccccc3OC)cc2)ccc1OCc1ccncc1. The van der Waals surface area contributed by atoms with Gasteiger partial charge in [0.05, 0.1) is 24.8 Å². The second kappa shape index (κ2) is 12.2. The molecule has 8 nitrogen and oxygen atoms in total. The normalized spacial score (nSPS) is 10.3. The fourth-order valence-electron chi connectivity index (χ4n) is 3.47.